The maximum Gasteiger partial charge on any atom is 0.330 e. The first-order valence-corrected chi connectivity index (χ1v) is 8.43. The third-order valence-electron chi connectivity index (χ3n) is 3.63. The van der Waals surface area contributed by atoms with Crippen molar-refractivity contribution in [3.05, 3.63) is 84.1 Å². The molecular formula is C21H20N2O3. The number of benzene rings is 2. The number of rotatable bonds is 7. The van der Waals surface area contributed by atoms with Gasteiger partial charge in [-0.15, -0.1) is 5.10 Å². The van der Waals surface area contributed by atoms with Crippen molar-refractivity contribution in [1.82, 2.24) is 9.78 Å². The van der Waals surface area contributed by atoms with Gasteiger partial charge in [0.05, 0.1) is 17.9 Å². The summed E-state index contributed by atoms with van der Waals surface area (Å²) >= 11 is 0. The van der Waals surface area contributed by atoms with Gasteiger partial charge >= 0.3 is 5.97 Å². The lowest BCUT2D eigenvalue weighted by Gasteiger charge is -2.04. The highest BCUT2D eigenvalue weighted by Gasteiger charge is 2.10. The molecule has 0 bridgehead atoms. The van der Waals surface area contributed by atoms with Gasteiger partial charge in [0.2, 0.25) is 5.88 Å². The molecule has 2 aromatic carbocycles. The van der Waals surface area contributed by atoms with Gasteiger partial charge in [0.15, 0.2) is 0 Å². The van der Waals surface area contributed by atoms with Crippen molar-refractivity contribution >= 4 is 12.0 Å². The number of nitrogens with zero attached hydrogens (tertiary/aromatic N) is 2. The Labute approximate surface area is 152 Å². The molecule has 0 unspecified atom stereocenters. The topological polar surface area (TPSA) is 53.4 Å². The van der Waals surface area contributed by atoms with Gasteiger partial charge in [-0.3, -0.25) is 0 Å². The second-order valence-electron chi connectivity index (χ2n) is 5.53. The average molecular weight is 348 g/mol. The summed E-state index contributed by atoms with van der Waals surface area (Å²) in [6.45, 7) is 2.50. The molecule has 0 radical (unpaired) electrons. The van der Waals surface area contributed by atoms with Crippen molar-refractivity contribution in [2.75, 3.05) is 6.61 Å². The number of esters is 1. The molecule has 0 aliphatic heterocycles. The molecular weight excluding hydrogens is 328 g/mol. The van der Waals surface area contributed by atoms with E-state index in [1.165, 1.54) is 6.08 Å². The molecule has 3 aromatic rings. The largest absolute Gasteiger partial charge is 0.471 e. The molecule has 0 spiro atoms. The molecule has 1 heterocycles. The minimum atomic E-state index is -0.394. The third-order valence-corrected chi connectivity index (χ3v) is 3.63. The van der Waals surface area contributed by atoms with Crippen LogP contribution >= 0.6 is 0 Å². The molecule has 132 valence electrons. The monoisotopic (exact) mass is 348 g/mol. The van der Waals surface area contributed by atoms with Gasteiger partial charge in [0, 0.05) is 12.3 Å². The van der Waals surface area contributed by atoms with Gasteiger partial charge in [-0.2, -0.15) is 0 Å². The highest BCUT2D eigenvalue weighted by Crippen LogP contribution is 2.21. The van der Waals surface area contributed by atoms with Crippen LogP contribution in [0.5, 0.6) is 5.88 Å². The molecule has 0 aliphatic rings. The molecule has 0 N–H and O–H groups in total. The van der Waals surface area contributed by atoms with Crippen LogP contribution in [0.2, 0.25) is 0 Å². The first-order chi connectivity index (χ1) is 12.8. The molecule has 3 rings (SSSR count). The minimum absolute atomic E-state index is 0.337. The van der Waals surface area contributed by atoms with Crippen molar-refractivity contribution in [3.63, 3.8) is 0 Å². The average Bonchev–Trinajstić information content (AvgIpc) is 3.10. The van der Waals surface area contributed by atoms with Crippen LogP contribution in [0.1, 0.15) is 18.1 Å². The standard InChI is InChI=1S/C21H20N2O3/c1-2-25-20(24)14-13-18-15-23(19-11-7-4-8-12-19)22-21(18)26-16-17-9-5-3-6-10-17/h3-15H,2,16H2,1H3/b14-13+. The quantitative estimate of drug-likeness (QED) is 0.478. The van der Waals surface area contributed by atoms with Gasteiger partial charge in [-0.05, 0) is 30.7 Å². The van der Waals surface area contributed by atoms with E-state index in [-0.39, 0.29) is 0 Å². The number of para-hydroxylation sites is 1. The van der Waals surface area contributed by atoms with E-state index in [1.54, 1.807) is 17.7 Å². The van der Waals surface area contributed by atoms with E-state index in [0.29, 0.717) is 24.7 Å². The molecule has 0 atom stereocenters. The number of carbonyl (C=O) groups excluding carboxylic acids is 1. The molecule has 5 nitrogen and oxygen atoms in total. The lowest BCUT2D eigenvalue weighted by Crippen LogP contribution is -1.99. The predicted molar refractivity (Wildman–Crippen MR) is 100 cm³/mol. The molecule has 5 heteroatoms. The molecule has 0 saturated heterocycles. The van der Waals surface area contributed by atoms with Crippen molar-refractivity contribution in [2.45, 2.75) is 13.5 Å². The predicted octanol–water partition coefficient (Wildman–Crippen LogP) is 4.03. The van der Waals surface area contributed by atoms with Crippen LogP contribution in [0.15, 0.2) is 72.9 Å². The zero-order valence-corrected chi connectivity index (χ0v) is 14.5. The lowest BCUT2D eigenvalue weighted by atomic mass is 10.2. The smallest absolute Gasteiger partial charge is 0.330 e. The van der Waals surface area contributed by atoms with Gasteiger partial charge in [-0.1, -0.05) is 48.5 Å². The maximum atomic E-state index is 11.6. The lowest BCUT2D eigenvalue weighted by molar-refractivity contribution is -0.137. The van der Waals surface area contributed by atoms with Gasteiger partial charge in [-0.25, -0.2) is 9.48 Å². The van der Waals surface area contributed by atoms with Crippen LogP contribution in [0.4, 0.5) is 0 Å². The third kappa shape index (κ3) is 4.60. The van der Waals surface area contributed by atoms with Crippen LogP contribution in [-0.4, -0.2) is 22.4 Å². The number of aromatic nitrogens is 2. The summed E-state index contributed by atoms with van der Waals surface area (Å²) < 4.78 is 12.5. The van der Waals surface area contributed by atoms with Crippen LogP contribution in [-0.2, 0) is 16.1 Å². The Bertz CT molecular complexity index is 871. The van der Waals surface area contributed by atoms with Crippen molar-refractivity contribution < 1.29 is 14.3 Å². The van der Waals surface area contributed by atoms with Crippen LogP contribution in [0.25, 0.3) is 11.8 Å². The van der Waals surface area contributed by atoms with Crippen LogP contribution in [0, 0.1) is 0 Å². The fourth-order valence-corrected chi connectivity index (χ4v) is 2.39. The molecule has 0 fully saturated rings. The first kappa shape index (κ1) is 17.5. The number of hydrogen-bond acceptors (Lipinski definition) is 4. The fraction of sp³-hybridized carbons (Fsp3) is 0.143. The Morgan fingerprint density at radius 1 is 1.08 bits per heavy atom. The Balaban J connectivity index is 1.84. The summed E-state index contributed by atoms with van der Waals surface area (Å²) in [4.78, 5) is 11.6. The summed E-state index contributed by atoms with van der Waals surface area (Å²) in [6, 6.07) is 19.6. The highest BCUT2D eigenvalue weighted by molar-refractivity contribution is 5.87. The maximum absolute atomic E-state index is 11.6. The van der Waals surface area contributed by atoms with Crippen molar-refractivity contribution in [1.29, 1.82) is 0 Å². The van der Waals surface area contributed by atoms with Gasteiger partial charge in [0.25, 0.3) is 0 Å². The number of ether oxygens (including phenoxy) is 2. The van der Waals surface area contributed by atoms with E-state index in [1.807, 2.05) is 66.9 Å². The van der Waals surface area contributed by atoms with Crippen LogP contribution in [0.3, 0.4) is 0 Å². The Kier molecular flexibility index (Phi) is 5.83. The summed E-state index contributed by atoms with van der Waals surface area (Å²) in [6.07, 6.45) is 4.86. The van der Waals surface area contributed by atoms with Gasteiger partial charge < -0.3 is 9.47 Å². The SMILES string of the molecule is CCOC(=O)/C=C/c1cn(-c2ccccc2)nc1OCc1ccccc1. The summed E-state index contributed by atoms with van der Waals surface area (Å²) in [5.41, 5.74) is 2.66. The summed E-state index contributed by atoms with van der Waals surface area (Å²) in [7, 11) is 0. The van der Waals surface area contributed by atoms with E-state index < -0.39 is 5.97 Å². The zero-order chi connectivity index (χ0) is 18.2. The van der Waals surface area contributed by atoms with E-state index in [0.717, 1.165) is 11.3 Å². The molecule has 26 heavy (non-hydrogen) atoms. The normalized spacial score (nSPS) is 10.8. The number of carbonyl (C=O) groups is 1. The summed E-state index contributed by atoms with van der Waals surface area (Å²) in [5, 5.41) is 4.51. The fourth-order valence-electron chi connectivity index (χ4n) is 2.39. The van der Waals surface area contributed by atoms with Crippen molar-refractivity contribution in [3.8, 4) is 11.6 Å². The second-order valence-corrected chi connectivity index (χ2v) is 5.53. The molecule has 0 amide bonds. The molecule has 0 saturated carbocycles. The van der Waals surface area contributed by atoms with E-state index in [2.05, 4.69) is 5.10 Å². The van der Waals surface area contributed by atoms with E-state index in [4.69, 9.17) is 9.47 Å². The van der Waals surface area contributed by atoms with E-state index >= 15 is 0 Å². The van der Waals surface area contributed by atoms with Crippen molar-refractivity contribution in [2.24, 2.45) is 0 Å². The summed E-state index contributed by atoms with van der Waals surface area (Å²) in [5.74, 6) is 0.0622. The van der Waals surface area contributed by atoms with Gasteiger partial charge in [0.1, 0.15) is 6.61 Å². The zero-order valence-electron chi connectivity index (χ0n) is 14.5. The number of hydrogen-bond donors (Lipinski definition) is 0. The Hall–Kier alpha value is -3.34. The molecule has 1 aromatic heterocycles. The molecule has 0 aliphatic carbocycles. The van der Waals surface area contributed by atoms with Crippen LogP contribution < -0.4 is 4.74 Å². The highest BCUT2D eigenvalue weighted by atomic mass is 16.5. The minimum Gasteiger partial charge on any atom is -0.471 e. The Morgan fingerprint density at radius 3 is 2.46 bits per heavy atom. The Morgan fingerprint density at radius 2 is 1.77 bits per heavy atom. The first-order valence-electron chi connectivity index (χ1n) is 8.43. The second kappa shape index (κ2) is 8.67. The van der Waals surface area contributed by atoms with E-state index in [9.17, 15) is 4.79 Å².